The van der Waals surface area contributed by atoms with E-state index in [2.05, 4.69) is 10.1 Å². The number of ether oxygens (including phenoxy) is 2. The third kappa shape index (κ3) is 3.81. The standard InChI is InChI=1S/C24H18N4O5S/c1-14-4-6-15(7-5-14)22-26-21(33-27-22)12-34-24-25-18-10-20-19(31-13-32-20)9-17(18)23(29)28(24)11-16-3-2-8-30-16/h2-10H,11-13H2,1H3. The fourth-order valence-electron chi connectivity index (χ4n) is 3.66. The fourth-order valence-corrected chi connectivity index (χ4v) is 4.49. The Bertz CT molecular complexity index is 1540. The van der Waals surface area contributed by atoms with Crippen molar-refractivity contribution in [2.45, 2.75) is 24.4 Å². The Morgan fingerprint density at radius 2 is 1.88 bits per heavy atom. The predicted octanol–water partition coefficient (Wildman–Crippen LogP) is 4.42. The van der Waals surface area contributed by atoms with Crippen LogP contribution in [0.25, 0.3) is 22.3 Å². The van der Waals surface area contributed by atoms with Gasteiger partial charge in [-0.2, -0.15) is 4.98 Å². The summed E-state index contributed by atoms with van der Waals surface area (Å²) in [6.45, 7) is 2.38. The quantitative estimate of drug-likeness (QED) is 0.261. The van der Waals surface area contributed by atoms with Crippen LogP contribution in [-0.4, -0.2) is 26.5 Å². The molecule has 3 aromatic heterocycles. The van der Waals surface area contributed by atoms with E-state index < -0.39 is 0 Å². The largest absolute Gasteiger partial charge is 0.467 e. The number of furan rings is 1. The van der Waals surface area contributed by atoms with Crippen molar-refractivity contribution in [2.24, 2.45) is 0 Å². The first kappa shape index (κ1) is 20.5. The number of aromatic nitrogens is 4. The molecular formula is C24H18N4O5S. The van der Waals surface area contributed by atoms with Gasteiger partial charge >= 0.3 is 0 Å². The van der Waals surface area contributed by atoms with Crippen LogP contribution in [0, 0.1) is 6.92 Å². The molecule has 0 spiro atoms. The maximum Gasteiger partial charge on any atom is 0.262 e. The van der Waals surface area contributed by atoms with E-state index in [1.54, 1.807) is 29.0 Å². The van der Waals surface area contributed by atoms with Gasteiger partial charge in [-0.1, -0.05) is 46.7 Å². The Labute approximate surface area is 197 Å². The molecule has 1 aliphatic rings. The minimum Gasteiger partial charge on any atom is -0.467 e. The second-order valence-electron chi connectivity index (χ2n) is 7.75. The van der Waals surface area contributed by atoms with Gasteiger partial charge in [-0.25, -0.2) is 4.98 Å². The van der Waals surface area contributed by atoms with Gasteiger partial charge in [0.1, 0.15) is 5.76 Å². The van der Waals surface area contributed by atoms with E-state index in [0.29, 0.717) is 50.8 Å². The summed E-state index contributed by atoms with van der Waals surface area (Å²) in [4.78, 5) is 22.7. The molecule has 1 aliphatic heterocycles. The number of thioether (sulfide) groups is 1. The maximum absolute atomic E-state index is 13.4. The highest BCUT2D eigenvalue weighted by Crippen LogP contribution is 2.35. The Morgan fingerprint density at radius 3 is 2.68 bits per heavy atom. The molecule has 4 heterocycles. The Balaban J connectivity index is 1.34. The minimum atomic E-state index is -0.201. The highest BCUT2D eigenvalue weighted by Gasteiger charge is 2.20. The van der Waals surface area contributed by atoms with Gasteiger partial charge in [0.15, 0.2) is 16.7 Å². The summed E-state index contributed by atoms with van der Waals surface area (Å²) in [5.74, 6) is 3.04. The van der Waals surface area contributed by atoms with Gasteiger partial charge < -0.3 is 18.4 Å². The number of nitrogens with zero attached hydrogens (tertiary/aromatic N) is 4. The van der Waals surface area contributed by atoms with Crippen LogP contribution >= 0.6 is 11.8 Å². The molecule has 34 heavy (non-hydrogen) atoms. The van der Waals surface area contributed by atoms with Crippen LogP contribution in [0.15, 0.2) is 73.7 Å². The molecule has 0 unspecified atom stereocenters. The molecule has 0 atom stereocenters. The molecule has 0 radical (unpaired) electrons. The highest BCUT2D eigenvalue weighted by atomic mass is 32.2. The van der Waals surface area contributed by atoms with Crippen molar-refractivity contribution >= 4 is 22.7 Å². The molecule has 0 saturated carbocycles. The molecule has 0 amide bonds. The topological polar surface area (TPSA) is 105 Å². The molecule has 9 nitrogen and oxygen atoms in total. The summed E-state index contributed by atoms with van der Waals surface area (Å²) in [5, 5.41) is 5.03. The van der Waals surface area contributed by atoms with E-state index in [1.165, 1.54) is 11.8 Å². The van der Waals surface area contributed by atoms with Crippen LogP contribution in [0.4, 0.5) is 0 Å². The number of hydrogen-bond donors (Lipinski definition) is 0. The lowest BCUT2D eigenvalue weighted by Gasteiger charge is -2.12. The van der Waals surface area contributed by atoms with Gasteiger partial charge in [0.2, 0.25) is 18.5 Å². The highest BCUT2D eigenvalue weighted by molar-refractivity contribution is 7.98. The predicted molar refractivity (Wildman–Crippen MR) is 124 cm³/mol. The number of benzene rings is 2. The smallest absolute Gasteiger partial charge is 0.262 e. The molecule has 0 aliphatic carbocycles. The first-order valence-electron chi connectivity index (χ1n) is 10.5. The molecule has 0 N–H and O–H groups in total. The lowest BCUT2D eigenvalue weighted by Crippen LogP contribution is -2.23. The zero-order valence-corrected chi connectivity index (χ0v) is 18.9. The van der Waals surface area contributed by atoms with Crippen molar-refractivity contribution < 1.29 is 18.4 Å². The lowest BCUT2D eigenvalue weighted by atomic mass is 10.1. The van der Waals surface area contributed by atoms with Crippen molar-refractivity contribution in [1.29, 1.82) is 0 Å². The molecule has 0 fully saturated rings. The summed E-state index contributed by atoms with van der Waals surface area (Å²) < 4.78 is 23.4. The normalized spacial score (nSPS) is 12.5. The second-order valence-corrected chi connectivity index (χ2v) is 8.70. The summed E-state index contributed by atoms with van der Waals surface area (Å²) >= 11 is 1.34. The van der Waals surface area contributed by atoms with E-state index in [0.717, 1.165) is 11.1 Å². The summed E-state index contributed by atoms with van der Waals surface area (Å²) in [7, 11) is 0. The summed E-state index contributed by atoms with van der Waals surface area (Å²) in [5.41, 5.74) is 2.36. The zero-order chi connectivity index (χ0) is 23.1. The Kier molecular flexibility index (Phi) is 5.06. The van der Waals surface area contributed by atoms with Crippen molar-refractivity contribution in [3.05, 3.63) is 82.4 Å². The van der Waals surface area contributed by atoms with E-state index in [-0.39, 0.29) is 18.9 Å². The van der Waals surface area contributed by atoms with Gasteiger partial charge in [-0.3, -0.25) is 9.36 Å². The summed E-state index contributed by atoms with van der Waals surface area (Å²) in [6, 6.07) is 14.9. The second kappa shape index (κ2) is 8.38. The number of hydrogen-bond acceptors (Lipinski definition) is 9. The molecule has 10 heteroatoms. The van der Waals surface area contributed by atoms with Crippen LogP contribution in [0.1, 0.15) is 17.2 Å². The third-order valence-electron chi connectivity index (χ3n) is 5.41. The van der Waals surface area contributed by atoms with Crippen LogP contribution < -0.4 is 15.0 Å². The number of aryl methyl sites for hydroxylation is 1. The Hall–Kier alpha value is -4.05. The van der Waals surface area contributed by atoms with Crippen LogP contribution in [-0.2, 0) is 12.3 Å². The SMILES string of the molecule is Cc1ccc(-c2noc(CSc3nc4cc5c(cc4c(=O)n3Cc3ccco3)OCO5)n2)cc1. The van der Waals surface area contributed by atoms with Crippen LogP contribution in [0.3, 0.4) is 0 Å². The van der Waals surface area contributed by atoms with Crippen molar-refractivity contribution in [3.63, 3.8) is 0 Å². The van der Waals surface area contributed by atoms with Gasteiger partial charge in [0.05, 0.1) is 29.5 Å². The van der Waals surface area contributed by atoms with Gasteiger partial charge in [-0.15, -0.1) is 0 Å². The molecular weight excluding hydrogens is 456 g/mol. The van der Waals surface area contributed by atoms with Crippen molar-refractivity contribution in [2.75, 3.05) is 6.79 Å². The third-order valence-corrected chi connectivity index (χ3v) is 6.37. The molecule has 6 rings (SSSR count). The monoisotopic (exact) mass is 474 g/mol. The van der Waals surface area contributed by atoms with E-state index in [4.69, 9.17) is 23.4 Å². The van der Waals surface area contributed by atoms with Crippen LogP contribution in [0.2, 0.25) is 0 Å². The van der Waals surface area contributed by atoms with Gasteiger partial charge in [0.25, 0.3) is 5.56 Å². The van der Waals surface area contributed by atoms with E-state index in [9.17, 15) is 4.79 Å². The lowest BCUT2D eigenvalue weighted by molar-refractivity contribution is 0.174. The maximum atomic E-state index is 13.4. The van der Waals surface area contributed by atoms with Crippen LogP contribution in [0.5, 0.6) is 11.5 Å². The first-order valence-corrected chi connectivity index (χ1v) is 11.5. The summed E-state index contributed by atoms with van der Waals surface area (Å²) in [6.07, 6.45) is 1.57. The van der Waals surface area contributed by atoms with Crippen molar-refractivity contribution in [3.8, 4) is 22.9 Å². The average molecular weight is 474 g/mol. The molecule has 0 saturated heterocycles. The Morgan fingerprint density at radius 1 is 1.06 bits per heavy atom. The molecule has 2 aromatic carbocycles. The molecule has 0 bridgehead atoms. The number of fused-ring (bicyclic) bond motifs is 2. The molecule has 5 aromatic rings. The fraction of sp³-hybridized carbons (Fsp3) is 0.167. The average Bonchev–Trinajstić information content (AvgIpc) is 3.61. The zero-order valence-electron chi connectivity index (χ0n) is 18.1. The van der Waals surface area contributed by atoms with Gasteiger partial charge in [0, 0.05) is 11.6 Å². The number of rotatable bonds is 6. The first-order chi connectivity index (χ1) is 16.6. The van der Waals surface area contributed by atoms with E-state index in [1.807, 2.05) is 37.3 Å². The van der Waals surface area contributed by atoms with E-state index >= 15 is 0 Å². The van der Waals surface area contributed by atoms with Crippen molar-refractivity contribution in [1.82, 2.24) is 19.7 Å². The molecule has 170 valence electrons. The minimum absolute atomic E-state index is 0.119. The van der Waals surface area contributed by atoms with Gasteiger partial charge in [-0.05, 0) is 25.1 Å².